The normalized spacial score (nSPS) is 18.9. The quantitative estimate of drug-likeness (QED) is 0.672. The van der Waals surface area contributed by atoms with Gasteiger partial charge in [0.25, 0.3) is 5.91 Å². The number of esters is 1. The van der Waals surface area contributed by atoms with Crippen molar-refractivity contribution < 1.29 is 23.8 Å². The molecule has 0 bridgehead atoms. The number of amides is 1. The Morgan fingerprint density at radius 3 is 2.65 bits per heavy atom. The van der Waals surface area contributed by atoms with Crippen LogP contribution in [0.3, 0.4) is 0 Å². The van der Waals surface area contributed by atoms with Crippen LogP contribution in [0.25, 0.3) is 0 Å². The minimum atomic E-state index is -0.730. The zero-order chi connectivity index (χ0) is 21.3. The molecule has 0 N–H and O–H groups in total. The first-order valence-corrected chi connectivity index (χ1v) is 11.8. The number of nitrogens with zero attached hydrogens (tertiary/aromatic N) is 1. The second kappa shape index (κ2) is 8.46. The number of benzene rings is 2. The summed E-state index contributed by atoms with van der Waals surface area (Å²) < 4.78 is 17.0. The molecule has 2 heterocycles. The third-order valence-corrected chi connectivity index (χ3v) is 7.34. The van der Waals surface area contributed by atoms with Crippen LogP contribution in [0.2, 0.25) is 0 Å². The van der Waals surface area contributed by atoms with E-state index in [4.69, 9.17) is 14.2 Å². The van der Waals surface area contributed by atoms with Crippen molar-refractivity contribution in [2.24, 2.45) is 0 Å². The fraction of sp³-hybridized carbons (Fsp3) is 0.417. The van der Waals surface area contributed by atoms with Crippen molar-refractivity contribution in [3.8, 4) is 11.5 Å². The number of para-hydroxylation sites is 1. The van der Waals surface area contributed by atoms with Gasteiger partial charge in [-0.15, -0.1) is 11.8 Å². The zero-order valence-electron chi connectivity index (χ0n) is 17.3. The lowest BCUT2D eigenvalue weighted by Gasteiger charge is -2.31. The fourth-order valence-corrected chi connectivity index (χ4v) is 5.70. The SMILES string of the molecule is O=C(COC(=O)C1(c2ccc3c(c2)OCCO3)CCCC1)N1CCSc2ccccc21. The van der Waals surface area contributed by atoms with Gasteiger partial charge in [-0.05, 0) is 42.7 Å². The highest BCUT2D eigenvalue weighted by Crippen LogP contribution is 2.45. The highest BCUT2D eigenvalue weighted by molar-refractivity contribution is 7.99. The summed E-state index contributed by atoms with van der Waals surface area (Å²) in [5.74, 6) is 1.69. The molecule has 1 aliphatic carbocycles. The van der Waals surface area contributed by atoms with Gasteiger partial charge in [-0.3, -0.25) is 9.59 Å². The Hall–Kier alpha value is -2.67. The van der Waals surface area contributed by atoms with Gasteiger partial charge in [0.15, 0.2) is 18.1 Å². The maximum absolute atomic E-state index is 13.3. The van der Waals surface area contributed by atoms with Crippen molar-refractivity contribution in [1.82, 2.24) is 0 Å². The largest absolute Gasteiger partial charge is 0.486 e. The molecule has 5 rings (SSSR count). The number of thioether (sulfide) groups is 1. The smallest absolute Gasteiger partial charge is 0.317 e. The summed E-state index contributed by atoms with van der Waals surface area (Å²) in [6.07, 6.45) is 3.33. The Bertz CT molecular complexity index is 1000. The Balaban J connectivity index is 1.32. The van der Waals surface area contributed by atoms with Crippen LogP contribution >= 0.6 is 11.8 Å². The minimum absolute atomic E-state index is 0.184. The Morgan fingerprint density at radius 2 is 1.81 bits per heavy atom. The average molecular weight is 440 g/mol. The van der Waals surface area contributed by atoms with E-state index in [-0.39, 0.29) is 18.5 Å². The predicted molar refractivity (Wildman–Crippen MR) is 118 cm³/mol. The van der Waals surface area contributed by atoms with E-state index in [9.17, 15) is 9.59 Å². The molecule has 0 atom stereocenters. The molecular formula is C24H25NO5S. The first-order valence-electron chi connectivity index (χ1n) is 10.8. The molecule has 162 valence electrons. The zero-order valence-corrected chi connectivity index (χ0v) is 18.1. The van der Waals surface area contributed by atoms with E-state index in [0.717, 1.165) is 34.7 Å². The average Bonchev–Trinajstić information content (AvgIpc) is 3.33. The standard InChI is InChI=1S/C24H25NO5S/c26-22(25-11-14-31-21-6-2-1-5-18(21)25)16-30-23(27)24(9-3-4-10-24)17-7-8-19-20(15-17)29-13-12-28-19/h1-2,5-8,15H,3-4,9-14,16H2. The molecule has 3 aliphatic rings. The van der Waals surface area contributed by atoms with Gasteiger partial charge in [0, 0.05) is 17.2 Å². The maximum atomic E-state index is 13.3. The molecule has 0 unspecified atom stereocenters. The lowest BCUT2D eigenvalue weighted by molar-refractivity contribution is -0.153. The third kappa shape index (κ3) is 3.76. The van der Waals surface area contributed by atoms with Gasteiger partial charge in [-0.25, -0.2) is 0 Å². The summed E-state index contributed by atoms with van der Waals surface area (Å²) >= 11 is 1.74. The molecule has 0 saturated heterocycles. The molecule has 6 nitrogen and oxygen atoms in total. The van der Waals surface area contributed by atoms with Crippen molar-refractivity contribution in [3.05, 3.63) is 48.0 Å². The number of rotatable bonds is 4. The van der Waals surface area contributed by atoms with Crippen LogP contribution in [0.5, 0.6) is 11.5 Å². The Kier molecular flexibility index (Phi) is 5.52. The van der Waals surface area contributed by atoms with Gasteiger partial charge in [0.05, 0.1) is 11.1 Å². The Morgan fingerprint density at radius 1 is 1.03 bits per heavy atom. The molecule has 1 saturated carbocycles. The van der Waals surface area contributed by atoms with Crippen LogP contribution in [0, 0.1) is 0 Å². The lowest BCUT2D eigenvalue weighted by Crippen LogP contribution is -2.41. The van der Waals surface area contributed by atoms with Crippen LogP contribution in [-0.4, -0.2) is 44.0 Å². The molecule has 2 aromatic carbocycles. The molecule has 2 aromatic rings. The van der Waals surface area contributed by atoms with Crippen molar-refractivity contribution in [1.29, 1.82) is 0 Å². The first kappa shape index (κ1) is 20.2. The summed E-state index contributed by atoms with van der Waals surface area (Å²) in [4.78, 5) is 29.0. The summed E-state index contributed by atoms with van der Waals surface area (Å²) in [5, 5.41) is 0. The van der Waals surface area contributed by atoms with Gasteiger partial charge in [-0.1, -0.05) is 31.0 Å². The second-order valence-electron chi connectivity index (χ2n) is 8.09. The fourth-order valence-electron chi connectivity index (χ4n) is 4.70. The highest BCUT2D eigenvalue weighted by Gasteiger charge is 2.45. The number of anilines is 1. The van der Waals surface area contributed by atoms with Gasteiger partial charge in [-0.2, -0.15) is 0 Å². The second-order valence-corrected chi connectivity index (χ2v) is 9.22. The number of hydrogen-bond acceptors (Lipinski definition) is 6. The molecule has 0 spiro atoms. The third-order valence-electron chi connectivity index (χ3n) is 6.30. The minimum Gasteiger partial charge on any atom is -0.486 e. The molecule has 0 radical (unpaired) electrons. The summed E-state index contributed by atoms with van der Waals surface area (Å²) in [6, 6.07) is 13.5. The van der Waals surface area contributed by atoms with E-state index >= 15 is 0 Å². The van der Waals surface area contributed by atoms with E-state index in [1.54, 1.807) is 16.7 Å². The summed E-state index contributed by atoms with van der Waals surface area (Å²) in [6.45, 7) is 1.40. The van der Waals surface area contributed by atoms with Crippen molar-refractivity contribution in [3.63, 3.8) is 0 Å². The summed E-state index contributed by atoms with van der Waals surface area (Å²) in [5.41, 5.74) is 1.04. The van der Waals surface area contributed by atoms with E-state index in [0.29, 0.717) is 44.1 Å². The maximum Gasteiger partial charge on any atom is 0.317 e. The summed E-state index contributed by atoms with van der Waals surface area (Å²) in [7, 11) is 0. The van der Waals surface area contributed by atoms with Gasteiger partial charge >= 0.3 is 5.97 Å². The van der Waals surface area contributed by atoms with Gasteiger partial charge < -0.3 is 19.1 Å². The number of carbonyl (C=O) groups excluding carboxylic acids is 2. The molecular weight excluding hydrogens is 414 g/mol. The number of hydrogen-bond donors (Lipinski definition) is 0. The van der Waals surface area contributed by atoms with Crippen molar-refractivity contribution >= 4 is 29.3 Å². The number of carbonyl (C=O) groups is 2. The number of fused-ring (bicyclic) bond motifs is 2. The van der Waals surface area contributed by atoms with Crippen LogP contribution in [0.15, 0.2) is 47.4 Å². The first-order chi connectivity index (χ1) is 15.2. The molecule has 0 aromatic heterocycles. The lowest BCUT2D eigenvalue weighted by atomic mass is 9.78. The molecule has 1 amide bonds. The predicted octanol–water partition coefficient (Wildman–Crippen LogP) is 3.95. The topological polar surface area (TPSA) is 65.1 Å². The van der Waals surface area contributed by atoms with E-state index < -0.39 is 5.41 Å². The molecule has 31 heavy (non-hydrogen) atoms. The van der Waals surface area contributed by atoms with Crippen molar-refractivity contribution in [2.45, 2.75) is 36.0 Å². The van der Waals surface area contributed by atoms with Gasteiger partial charge in [0.2, 0.25) is 0 Å². The Labute approximate surface area is 185 Å². The van der Waals surface area contributed by atoms with Gasteiger partial charge in [0.1, 0.15) is 13.2 Å². The van der Waals surface area contributed by atoms with Crippen LogP contribution < -0.4 is 14.4 Å². The molecule has 2 aliphatic heterocycles. The van der Waals surface area contributed by atoms with E-state index in [1.165, 1.54) is 0 Å². The molecule has 1 fully saturated rings. The monoisotopic (exact) mass is 439 g/mol. The van der Waals surface area contributed by atoms with Crippen LogP contribution in [-0.2, 0) is 19.7 Å². The van der Waals surface area contributed by atoms with Crippen molar-refractivity contribution in [2.75, 3.05) is 37.0 Å². The molecule has 7 heteroatoms. The van der Waals surface area contributed by atoms with E-state index in [2.05, 4.69) is 0 Å². The number of ether oxygens (including phenoxy) is 3. The van der Waals surface area contributed by atoms with E-state index in [1.807, 2.05) is 42.5 Å². The van der Waals surface area contributed by atoms with Crippen LogP contribution in [0.1, 0.15) is 31.2 Å². The highest BCUT2D eigenvalue weighted by atomic mass is 32.2. The van der Waals surface area contributed by atoms with Crippen LogP contribution in [0.4, 0.5) is 5.69 Å².